The van der Waals surface area contributed by atoms with Crippen molar-refractivity contribution in [3.63, 3.8) is 0 Å². The predicted octanol–water partition coefficient (Wildman–Crippen LogP) is 1.69. The molecule has 0 unspecified atom stereocenters. The van der Waals surface area contributed by atoms with Gasteiger partial charge in [0, 0.05) is 0 Å². The van der Waals surface area contributed by atoms with Gasteiger partial charge in [-0.05, 0) is 11.8 Å². The quantitative estimate of drug-likeness (QED) is 0.611. The van der Waals surface area contributed by atoms with Gasteiger partial charge in [0.2, 0.25) is 0 Å². The molecule has 0 spiro atoms. The molecule has 3 heteroatoms. The lowest BCUT2D eigenvalue weighted by molar-refractivity contribution is -0.0395. The number of hydrogen-bond acceptors (Lipinski definition) is 3. The third kappa shape index (κ3) is 6.35. The van der Waals surface area contributed by atoms with E-state index in [4.69, 9.17) is 14.6 Å². The van der Waals surface area contributed by atoms with Gasteiger partial charge in [-0.1, -0.05) is 27.7 Å². The molecule has 14 heavy (non-hydrogen) atoms. The van der Waals surface area contributed by atoms with Crippen molar-refractivity contribution < 1.29 is 14.6 Å². The summed E-state index contributed by atoms with van der Waals surface area (Å²) in [6.07, 6.45) is 0.299. The van der Waals surface area contributed by atoms with Crippen LogP contribution in [0.4, 0.5) is 0 Å². The Balaban J connectivity index is 3.52. The molecule has 0 aromatic rings. The van der Waals surface area contributed by atoms with Gasteiger partial charge in [-0.3, -0.25) is 0 Å². The number of aliphatic hydroxyl groups excluding tert-OH is 1. The Hall–Kier alpha value is -0.120. The van der Waals surface area contributed by atoms with E-state index >= 15 is 0 Å². The fraction of sp³-hybridized carbons (Fsp3) is 1.00. The van der Waals surface area contributed by atoms with Crippen molar-refractivity contribution in [3.05, 3.63) is 0 Å². The monoisotopic (exact) mass is 204 g/mol. The zero-order valence-electron chi connectivity index (χ0n) is 9.82. The second kappa shape index (κ2) is 8.21. The zero-order valence-corrected chi connectivity index (χ0v) is 9.82. The lowest BCUT2D eigenvalue weighted by Gasteiger charge is -2.25. The summed E-state index contributed by atoms with van der Waals surface area (Å²) in [5.41, 5.74) is 0. The molecule has 0 radical (unpaired) electrons. The molecule has 0 rings (SSSR count). The molecular formula is C11H24O3. The van der Waals surface area contributed by atoms with E-state index in [1.165, 1.54) is 0 Å². The minimum atomic E-state index is 0.0811. The van der Waals surface area contributed by atoms with Crippen LogP contribution in [0.5, 0.6) is 0 Å². The first-order valence-electron chi connectivity index (χ1n) is 5.39. The largest absolute Gasteiger partial charge is 0.394 e. The highest BCUT2D eigenvalue weighted by Crippen LogP contribution is 2.15. The van der Waals surface area contributed by atoms with Crippen LogP contribution in [0, 0.1) is 11.8 Å². The fourth-order valence-corrected chi connectivity index (χ4v) is 1.56. The lowest BCUT2D eigenvalue weighted by Crippen LogP contribution is -2.27. The van der Waals surface area contributed by atoms with Gasteiger partial charge in [0.05, 0.1) is 32.5 Å². The van der Waals surface area contributed by atoms with E-state index in [9.17, 15) is 0 Å². The van der Waals surface area contributed by atoms with Crippen molar-refractivity contribution >= 4 is 0 Å². The van der Waals surface area contributed by atoms with Gasteiger partial charge >= 0.3 is 0 Å². The molecule has 0 saturated carbocycles. The maximum atomic E-state index is 8.49. The van der Waals surface area contributed by atoms with Crippen molar-refractivity contribution in [2.24, 2.45) is 11.8 Å². The molecule has 0 amide bonds. The topological polar surface area (TPSA) is 38.7 Å². The molecule has 0 bridgehead atoms. The van der Waals surface area contributed by atoms with Gasteiger partial charge < -0.3 is 14.6 Å². The number of hydrogen-bond donors (Lipinski definition) is 1. The van der Waals surface area contributed by atoms with Crippen LogP contribution in [0.2, 0.25) is 0 Å². The highest BCUT2D eigenvalue weighted by atomic mass is 16.5. The number of aliphatic hydroxyl groups is 1. The van der Waals surface area contributed by atoms with Crippen LogP contribution < -0.4 is 0 Å². The second-order valence-corrected chi connectivity index (χ2v) is 4.16. The van der Waals surface area contributed by atoms with Gasteiger partial charge in [0.15, 0.2) is 0 Å². The predicted molar refractivity (Wildman–Crippen MR) is 57.3 cm³/mol. The standard InChI is InChI=1S/C11H24O3/c1-9(2)11(10(3)4)14-8-7-13-6-5-12/h9-12H,5-8H2,1-4H3. The van der Waals surface area contributed by atoms with Crippen LogP contribution in [-0.2, 0) is 9.47 Å². The molecule has 0 aliphatic rings. The SMILES string of the molecule is CC(C)C(OCCOCCO)C(C)C. The Morgan fingerprint density at radius 2 is 1.50 bits per heavy atom. The smallest absolute Gasteiger partial charge is 0.0704 e. The zero-order chi connectivity index (χ0) is 11.0. The molecule has 0 fully saturated rings. The number of rotatable bonds is 8. The van der Waals surface area contributed by atoms with Gasteiger partial charge in [0.1, 0.15) is 0 Å². The first-order valence-corrected chi connectivity index (χ1v) is 5.39. The Morgan fingerprint density at radius 3 is 1.93 bits per heavy atom. The molecule has 86 valence electrons. The molecule has 0 aromatic carbocycles. The maximum Gasteiger partial charge on any atom is 0.0704 e. The maximum absolute atomic E-state index is 8.49. The highest BCUT2D eigenvalue weighted by Gasteiger charge is 2.17. The summed E-state index contributed by atoms with van der Waals surface area (Å²) in [5.74, 6) is 1.07. The lowest BCUT2D eigenvalue weighted by atomic mass is 9.96. The van der Waals surface area contributed by atoms with Crippen LogP contribution in [-0.4, -0.2) is 37.6 Å². The van der Waals surface area contributed by atoms with E-state index in [-0.39, 0.29) is 6.61 Å². The van der Waals surface area contributed by atoms with Gasteiger partial charge in [0.25, 0.3) is 0 Å². The van der Waals surface area contributed by atoms with Crippen LogP contribution in [0.3, 0.4) is 0 Å². The van der Waals surface area contributed by atoms with Crippen LogP contribution in [0.15, 0.2) is 0 Å². The van der Waals surface area contributed by atoms with E-state index in [1.54, 1.807) is 0 Å². The summed E-state index contributed by atoms with van der Waals surface area (Å²) >= 11 is 0. The molecular weight excluding hydrogens is 180 g/mol. The average Bonchev–Trinajstić information content (AvgIpc) is 2.09. The van der Waals surface area contributed by atoms with Crippen molar-refractivity contribution in [2.75, 3.05) is 26.4 Å². The summed E-state index contributed by atoms with van der Waals surface area (Å²) in [6.45, 7) is 10.3. The first-order chi connectivity index (χ1) is 6.59. The second-order valence-electron chi connectivity index (χ2n) is 4.16. The van der Waals surface area contributed by atoms with E-state index in [2.05, 4.69) is 27.7 Å². The van der Waals surface area contributed by atoms with Crippen LogP contribution in [0.25, 0.3) is 0 Å². The van der Waals surface area contributed by atoms with Crippen LogP contribution in [0.1, 0.15) is 27.7 Å². The Bertz CT molecular complexity index is 116. The van der Waals surface area contributed by atoms with Crippen LogP contribution >= 0.6 is 0 Å². The number of ether oxygens (including phenoxy) is 2. The minimum absolute atomic E-state index is 0.0811. The summed E-state index contributed by atoms with van der Waals surface area (Å²) in [5, 5.41) is 8.49. The molecule has 0 aliphatic heterocycles. The van der Waals surface area contributed by atoms with E-state index < -0.39 is 0 Å². The summed E-state index contributed by atoms with van der Waals surface area (Å²) in [7, 11) is 0. The first kappa shape index (κ1) is 13.9. The Labute approximate surface area is 87.4 Å². The van der Waals surface area contributed by atoms with Gasteiger partial charge in [-0.25, -0.2) is 0 Å². The summed E-state index contributed by atoms with van der Waals surface area (Å²) in [4.78, 5) is 0. The fourth-order valence-electron chi connectivity index (χ4n) is 1.56. The normalized spacial score (nSPS) is 12.0. The minimum Gasteiger partial charge on any atom is -0.394 e. The highest BCUT2D eigenvalue weighted by molar-refractivity contribution is 4.65. The van der Waals surface area contributed by atoms with E-state index in [0.717, 1.165) is 0 Å². The molecule has 0 heterocycles. The van der Waals surface area contributed by atoms with E-state index in [0.29, 0.717) is 37.8 Å². The third-order valence-corrected chi connectivity index (χ3v) is 2.09. The van der Waals surface area contributed by atoms with Gasteiger partial charge in [-0.15, -0.1) is 0 Å². The molecule has 0 aliphatic carbocycles. The molecule has 0 saturated heterocycles. The van der Waals surface area contributed by atoms with Crippen molar-refractivity contribution in [2.45, 2.75) is 33.8 Å². The molecule has 0 atom stereocenters. The van der Waals surface area contributed by atoms with Crippen molar-refractivity contribution in [3.8, 4) is 0 Å². The summed E-state index contributed by atoms with van der Waals surface area (Å²) < 4.78 is 10.8. The molecule has 3 nitrogen and oxygen atoms in total. The van der Waals surface area contributed by atoms with Crippen molar-refractivity contribution in [1.82, 2.24) is 0 Å². The Morgan fingerprint density at radius 1 is 0.929 bits per heavy atom. The molecule has 1 N–H and O–H groups in total. The average molecular weight is 204 g/mol. The summed E-state index contributed by atoms with van der Waals surface area (Å²) in [6, 6.07) is 0. The third-order valence-electron chi connectivity index (χ3n) is 2.09. The van der Waals surface area contributed by atoms with E-state index in [1.807, 2.05) is 0 Å². The Kier molecular flexibility index (Phi) is 8.14. The van der Waals surface area contributed by atoms with Crippen molar-refractivity contribution in [1.29, 1.82) is 0 Å². The van der Waals surface area contributed by atoms with Gasteiger partial charge in [-0.2, -0.15) is 0 Å². The molecule has 0 aromatic heterocycles.